The van der Waals surface area contributed by atoms with E-state index in [1.165, 1.54) is 11.8 Å². The van der Waals surface area contributed by atoms with Gasteiger partial charge in [-0.2, -0.15) is 0 Å². The molecule has 0 aliphatic carbocycles. The minimum atomic E-state index is -1.63. The molecule has 0 fully saturated rings. The van der Waals surface area contributed by atoms with Crippen molar-refractivity contribution >= 4 is 46.4 Å². The largest absolute Gasteiger partial charge is 0.464 e. The van der Waals surface area contributed by atoms with Crippen molar-refractivity contribution in [1.29, 1.82) is 0 Å². The van der Waals surface area contributed by atoms with Crippen molar-refractivity contribution in [3.8, 4) is 11.1 Å². The lowest BCUT2D eigenvalue weighted by Gasteiger charge is -2.35. The predicted octanol–water partition coefficient (Wildman–Crippen LogP) is 5.76. The van der Waals surface area contributed by atoms with Crippen LogP contribution in [0.4, 0.5) is 5.69 Å². The monoisotopic (exact) mass is 462 g/mol. The van der Waals surface area contributed by atoms with Crippen molar-refractivity contribution in [2.75, 3.05) is 11.9 Å². The number of carbonyl (C=O) groups is 2. The number of ether oxygens (including phenoxy) is 1. The van der Waals surface area contributed by atoms with Crippen LogP contribution in [-0.4, -0.2) is 22.9 Å². The van der Waals surface area contributed by atoms with E-state index in [0.717, 1.165) is 21.5 Å². The molecule has 2 aromatic carbocycles. The molecule has 1 amide bonds. The molecule has 32 heavy (non-hydrogen) atoms. The fraction of sp³-hybridized carbons (Fsp3) is 0.120. The van der Waals surface area contributed by atoms with Crippen LogP contribution in [-0.2, 0) is 19.1 Å². The summed E-state index contributed by atoms with van der Waals surface area (Å²) in [4.78, 5) is 28.1. The molecule has 0 radical (unpaired) electrons. The van der Waals surface area contributed by atoms with Crippen LogP contribution in [0.15, 0.2) is 83.9 Å². The summed E-state index contributed by atoms with van der Waals surface area (Å²) >= 11 is 7.33. The predicted molar refractivity (Wildman–Crippen MR) is 127 cm³/mol. The number of pyridine rings is 1. The third kappa shape index (κ3) is 3.18. The van der Waals surface area contributed by atoms with E-state index in [2.05, 4.69) is 5.32 Å². The lowest BCUT2D eigenvalue weighted by molar-refractivity contribution is -0.149. The number of nitrogens with one attached hydrogen (secondary N) is 1. The Morgan fingerprint density at radius 1 is 1.09 bits per heavy atom. The van der Waals surface area contributed by atoms with Gasteiger partial charge < -0.3 is 14.5 Å². The minimum Gasteiger partial charge on any atom is -0.464 e. The Kier molecular flexibility index (Phi) is 5.19. The Morgan fingerprint density at radius 3 is 2.62 bits per heavy atom. The van der Waals surface area contributed by atoms with Crippen molar-refractivity contribution in [3.63, 3.8) is 0 Å². The molecule has 7 heteroatoms. The SMILES string of the molecule is CCOC(=O)[C@@]1(c2c(-c3ccc(Cl)cc3)cc3ccccn23)Sc2ccccc2NC1=O. The number of amides is 1. The Bertz CT molecular complexity index is 1350. The van der Waals surface area contributed by atoms with Crippen LogP contribution in [0, 0.1) is 0 Å². The van der Waals surface area contributed by atoms with Gasteiger partial charge in [-0.25, -0.2) is 4.79 Å². The van der Waals surface area contributed by atoms with E-state index >= 15 is 0 Å². The average molecular weight is 463 g/mol. The number of para-hydroxylation sites is 1. The van der Waals surface area contributed by atoms with Gasteiger partial charge in [-0.3, -0.25) is 4.79 Å². The van der Waals surface area contributed by atoms with Gasteiger partial charge in [0.15, 0.2) is 0 Å². The minimum absolute atomic E-state index is 0.162. The van der Waals surface area contributed by atoms with Crippen molar-refractivity contribution in [3.05, 3.63) is 89.7 Å². The number of hydrogen-bond donors (Lipinski definition) is 1. The molecule has 0 saturated carbocycles. The second-order valence-corrected chi connectivity index (χ2v) is 9.06. The van der Waals surface area contributed by atoms with Crippen molar-refractivity contribution in [2.24, 2.45) is 0 Å². The summed E-state index contributed by atoms with van der Waals surface area (Å²) in [5.74, 6) is -1.03. The van der Waals surface area contributed by atoms with Gasteiger partial charge in [0.05, 0.1) is 18.0 Å². The molecule has 0 unspecified atom stereocenters. The lowest BCUT2D eigenvalue weighted by Crippen LogP contribution is -2.48. The van der Waals surface area contributed by atoms with Gasteiger partial charge >= 0.3 is 5.97 Å². The number of hydrogen-bond acceptors (Lipinski definition) is 4. The molecular weight excluding hydrogens is 444 g/mol. The first kappa shape index (κ1) is 20.7. The van der Waals surface area contributed by atoms with E-state index in [9.17, 15) is 9.59 Å². The zero-order chi connectivity index (χ0) is 22.3. The number of rotatable bonds is 4. The molecule has 2 aromatic heterocycles. The maximum absolute atomic E-state index is 13.7. The number of nitrogens with zero attached hydrogens (tertiary/aromatic N) is 1. The van der Waals surface area contributed by atoms with E-state index in [1.54, 1.807) is 19.1 Å². The van der Waals surface area contributed by atoms with Crippen LogP contribution >= 0.6 is 23.4 Å². The van der Waals surface area contributed by atoms with E-state index in [0.29, 0.717) is 16.4 Å². The second kappa shape index (κ2) is 8.04. The first-order chi connectivity index (χ1) is 15.5. The maximum atomic E-state index is 13.7. The second-order valence-electron chi connectivity index (χ2n) is 7.36. The summed E-state index contributed by atoms with van der Waals surface area (Å²) in [6.07, 6.45) is 1.86. The fourth-order valence-electron chi connectivity index (χ4n) is 4.03. The molecule has 160 valence electrons. The molecule has 5 rings (SSSR count). The van der Waals surface area contributed by atoms with Gasteiger partial charge in [0, 0.05) is 27.2 Å². The smallest absolute Gasteiger partial charge is 0.338 e. The first-order valence-corrected chi connectivity index (χ1v) is 11.4. The number of esters is 1. The lowest BCUT2D eigenvalue weighted by atomic mass is 9.95. The van der Waals surface area contributed by atoms with Crippen molar-refractivity contribution in [2.45, 2.75) is 16.6 Å². The number of fused-ring (bicyclic) bond motifs is 2. The number of halogens is 1. The topological polar surface area (TPSA) is 59.8 Å². The highest BCUT2D eigenvalue weighted by molar-refractivity contribution is 8.02. The highest BCUT2D eigenvalue weighted by Gasteiger charge is 2.56. The van der Waals surface area contributed by atoms with Crippen LogP contribution in [0.25, 0.3) is 16.6 Å². The standard InChI is InChI=1S/C25H19ClN2O3S/c1-2-31-24(30)25(23(29)27-20-8-3-4-9-21(20)32-25)22-19(16-10-12-17(26)13-11-16)15-18-7-5-6-14-28(18)22/h3-15H,2H2,1H3,(H,27,29)/t25-/m0/s1. The average Bonchev–Trinajstić information content (AvgIpc) is 3.19. The van der Waals surface area contributed by atoms with Gasteiger partial charge in [-0.05, 0) is 55.0 Å². The zero-order valence-electron chi connectivity index (χ0n) is 17.2. The molecule has 3 heterocycles. The molecule has 1 aliphatic heterocycles. The van der Waals surface area contributed by atoms with E-state index in [-0.39, 0.29) is 6.61 Å². The van der Waals surface area contributed by atoms with Gasteiger partial charge in [0.25, 0.3) is 5.91 Å². The van der Waals surface area contributed by atoms with E-state index in [1.807, 2.05) is 71.3 Å². The summed E-state index contributed by atoms with van der Waals surface area (Å²) < 4.78 is 5.76. The maximum Gasteiger partial charge on any atom is 0.338 e. The van der Waals surface area contributed by atoms with Crippen molar-refractivity contribution < 1.29 is 14.3 Å². The summed E-state index contributed by atoms with van der Waals surface area (Å²) in [5.41, 5.74) is 3.71. The van der Waals surface area contributed by atoms with Crippen LogP contribution in [0.3, 0.4) is 0 Å². The molecule has 1 atom stereocenters. The molecule has 0 spiro atoms. The Morgan fingerprint density at radius 2 is 1.84 bits per heavy atom. The first-order valence-electron chi connectivity index (χ1n) is 10.2. The molecule has 0 saturated heterocycles. The van der Waals surface area contributed by atoms with Crippen LogP contribution in [0.5, 0.6) is 0 Å². The van der Waals surface area contributed by atoms with Gasteiger partial charge in [0.1, 0.15) is 0 Å². The molecule has 1 aliphatic rings. The van der Waals surface area contributed by atoms with Gasteiger partial charge in [-0.1, -0.05) is 53.7 Å². The van der Waals surface area contributed by atoms with Gasteiger partial charge in [0.2, 0.25) is 4.75 Å². The van der Waals surface area contributed by atoms with E-state index in [4.69, 9.17) is 16.3 Å². The number of benzene rings is 2. The molecule has 0 bridgehead atoms. The highest BCUT2D eigenvalue weighted by Crippen LogP contribution is 2.52. The summed E-state index contributed by atoms with van der Waals surface area (Å²) in [6.45, 7) is 1.90. The molecule has 4 aromatic rings. The molecular formula is C25H19ClN2O3S. The van der Waals surface area contributed by atoms with Crippen molar-refractivity contribution in [1.82, 2.24) is 4.40 Å². The van der Waals surface area contributed by atoms with Crippen LogP contribution in [0.2, 0.25) is 5.02 Å². The fourth-order valence-corrected chi connectivity index (χ4v) is 5.45. The Balaban J connectivity index is 1.84. The number of carbonyl (C=O) groups excluding carboxylic acids is 2. The summed E-state index contributed by atoms with van der Waals surface area (Å²) in [6, 6.07) is 22.5. The quantitative estimate of drug-likeness (QED) is 0.309. The Labute approximate surface area is 194 Å². The Hall–Kier alpha value is -3.22. The molecule has 5 nitrogen and oxygen atoms in total. The number of thioether (sulfide) groups is 1. The van der Waals surface area contributed by atoms with Crippen LogP contribution < -0.4 is 5.32 Å². The zero-order valence-corrected chi connectivity index (χ0v) is 18.7. The summed E-state index contributed by atoms with van der Waals surface area (Å²) in [7, 11) is 0. The third-order valence-corrected chi connectivity index (χ3v) is 7.13. The normalized spacial score (nSPS) is 17.6. The highest BCUT2D eigenvalue weighted by atomic mass is 35.5. The molecule has 1 N–H and O–H groups in total. The van der Waals surface area contributed by atoms with E-state index < -0.39 is 16.6 Å². The number of anilines is 1. The summed E-state index contributed by atoms with van der Waals surface area (Å²) in [5, 5.41) is 3.55. The number of aromatic nitrogens is 1. The third-order valence-electron chi connectivity index (χ3n) is 5.45. The van der Waals surface area contributed by atoms with Gasteiger partial charge in [-0.15, -0.1) is 0 Å². The van der Waals surface area contributed by atoms with Crippen LogP contribution in [0.1, 0.15) is 12.6 Å².